The molecule has 2 nitrogen and oxygen atoms in total. The summed E-state index contributed by atoms with van der Waals surface area (Å²) in [5.74, 6) is 0. The topological polar surface area (TPSA) is 18.5 Å². The maximum atomic E-state index is 4.83. The van der Waals surface area contributed by atoms with Crippen LogP contribution in [0.4, 0.5) is 0 Å². The Labute approximate surface area is 71.8 Å². The third kappa shape index (κ3) is 6.52. The van der Waals surface area contributed by atoms with Gasteiger partial charge in [0.25, 0.3) is 0 Å². The molecule has 0 saturated heterocycles. The largest absolute Gasteiger partial charge is 0.524 e. The summed E-state index contributed by atoms with van der Waals surface area (Å²) in [6, 6.07) is 0. The summed E-state index contributed by atoms with van der Waals surface area (Å²) in [4.78, 5) is 0. The molecule has 0 aromatic carbocycles. The Morgan fingerprint density at radius 1 is 1.22 bits per heavy atom. The summed E-state index contributed by atoms with van der Waals surface area (Å²) in [5, 5.41) is 0. The Kier molecular flexibility index (Phi) is 11.8. The van der Waals surface area contributed by atoms with Crippen molar-refractivity contribution in [2.75, 3.05) is 14.2 Å². The standard InChI is InChI=1S/C6H13O2.Ti/c1-4-5-6(7-2)8-3;/h4-5H2,1-3H3;/q-1;. The van der Waals surface area contributed by atoms with Crippen LogP contribution in [0.5, 0.6) is 0 Å². The van der Waals surface area contributed by atoms with Crippen molar-refractivity contribution < 1.29 is 31.2 Å². The first kappa shape index (κ1) is 12.3. The molecule has 0 radical (unpaired) electrons. The predicted molar refractivity (Wildman–Crippen MR) is 32.2 cm³/mol. The molecule has 0 amide bonds. The van der Waals surface area contributed by atoms with E-state index >= 15 is 0 Å². The second-order valence-corrected chi connectivity index (χ2v) is 1.53. The van der Waals surface area contributed by atoms with Crippen LogP contribution in [0.2, 0.25) is 0 Å². The summed E-state index contributed by atoms with van der Waals surface area (Å²) < 4.78 is 9.67. The van der Waals surface area contributed by atoms with E-state index in [-0.39, 0.29) is 21.7 Å². The van der Waals surface area contributed by atoms with Crippen molar-refractivity contribution in [3.8, 4) is 0 Å². The van der Waals surface area contributed by atoms with E-state index in [9.17, 15) is 0 Å². The monoisotopic (exact) mass is 165 g/mol. The molecule has 0 atom stereocenters. The van der Waals surface area contributed by atoms with Crippen LogP contribution in [0.3, 0.4) is 0 Å². The van der Waals surface area contributed by atoms with Crippen LogP contribution in [0.15, 0.2) is 0 Å². The minimum Gasteiger partial charge on any atom is -0.524 e. The minimum absolute atomic E-state index is 0. The van der Waals surface area contributed by atoms with Crippen LogP contribution in [-0.2, 0) is 31.2 Å². The molecule has 0 heterocycles. The Balaban J connectivity index is 0. The third-order valence-electron chi connectivity index (χ3n) is 0.909. The molecule has 0 aromatic rings. The van der Waals surface area contributed by atoms with Gasteiger partial charge in [0.15, 0.2) is 0 Å². The van der Waals surface area contributed by atoms with Crippen LogP contribution < -0.4 is 0 Å². The van der Waals surface area contributed by atoms with Crippen LogP contribution in [-0.4, -0.2) is 14.2 Å². The van der Waals surface area contributed by atoms with Crippen LogP contribution in [0, 0.1) is 6.29 Å². The molecule has 0 rings (SSSR count). The first-order valence-electron chi connectivity index (χ1n) is 2.79. The zero-order valence-electron chi connectivity index (χ0n) is 6.23. The molecule has 0 saturated carbocycles. The van der Waals surface area contributed by atoms with Crippen molar-refractivity contribution >= 4 is 0 Å². The van der Waals surface area contributed by atoms with E-state index in [1.165, 1.54) is 0 Å². The van der Waals surface area contributed by atoms with Crippen molar-refractivity contribution in [2.24, 2.45) is 0 Å². The van der Waals surface area contributed by atoms with Gasteiger partial charge in [-0.2, -0.15) is 0 Å². The molecule has 0 N–H and O–H groups in total. The average molecular weight is 165 g/mol. The van der Waals surface area contributed by atoms with Crippen molar-refractivity contribution in [1.29, 1.82) is 0 Å². The fraction of sp³-hybridized carbons (Fsp3) is 0.833. The summed E-state index contributed by atoms with van der Waals surface area (Å²) in [5.41, 5.74) is 0. The molecule has 0 fully saturated rings. The summed E-state index contributed by atoms with van der Waals surface area (Å²) in [6.45, 7) is 2.08. The smallest absolute Gasteiger partial charge is 0.00127 e. The fourth-order valence-electron chi connectivity index (χ4n) is 0.492. The zero-order chi connectivity index (χ0) is 6.41. The van der Waals surface area contributed by atoms with Crippen LogP contribution in [0.1, 0.15) is 19.8 Å². The van der Waals surface area contributed by atoms with Gasteiger partial charge in [0.2, 0.25) is 0 Å². The van der Waals surface area contributed by atoms with Crippen molar-refractivity contribution in [3.63, 3.8) is 0 Å². The first-order valence-corrected chi connectivity index (χ1v) is 2.79. The van der Waals surface area contributed by atoms with Gasteiger partial charge in [-0.3, -0.25) is 0 Å². The van der Waals surface area contributed by atoms with E-state index in [0.29, 0.717) is 6.29 Å². The molecular formula is C6H13O2Ti-. The summed E-state index contributed by atoms with van der Waals surface area (Å²) in [7, 11) is 3.24. The molecule has 0 spiro atoms. The van der Waals surface area contributed by atoms with Crippen molar-refractivity contribution in [3.05, 3.63) is 6.29 Å². The van der Waals surface area contributed by atoms with Gasteiger partial charge in [-0.1, -0.05) is 19.6 Å². The quantitative estimate of drug-likeness (QED) is 0.465. The molecule has 3 heteroatoms. The second kappa shape index (κ2) is 8.63. The van der Waals surface area contributed by atoms with E-state index in [0.717, 1.165) is 12.8 Å². The molecule has 0 bridgehead atoms. The Morgan fingerprint density at radius 3 is 1.78 bits per heavy atom. The molecule has 0 aliphatic rings. The number of rotatable bonds is 4. The van der Waals surface area contributed by atoms with E-state index in [1.54, 1.807) is 14.2 Å². The van der Waals surface area contributed by atoms with Crippen molar-refractivity contribution in [2.45, 2.75) is 19.8 Å². The van der Waals surface area contributed by atoms with Crippen molar-refractivity contribution in [1.82, 2.24) is 0 Å². The third-order valence-corrected chi connectivity index (χ3v) is 0.909. The van der Waals surface area contributed by atoms with Gasteiger partial charge in [0.1, 0.15) is 0 Å². The van der Waals surface area contributed by atoms with E-state index in [1.807, 2.05) is 0 Å². The second-order valence-electron chi connectivity index (χ2n) is 1.53. The molecular weight excluding hydrogens is 152 g/mol. The van der Waals surface area contributed by atoms with Gasteiger partial charge >= 0.3 is 0 Å². The van der Waals surface area contributed by atoms with Crippen LogP contribution in [0.25, 0.3) is 0 Å². The van der Waals surface area contributed by atoms with Gasteiger partial charge in [0, 0.05) is 35.9 Å². The molecule has 0 aliphatic carbocycles. The number of methoxy groups -OCH3 is 2. The Hall–Kier alpha value is 0.634. The fourth-order valence-corrected chi connectivity index (χ4v) is 0.492. The first-order chi connectivity index (χ1) is 3.85. The zero-order valence-corrected chi connectivity index (χ0v) is 7.79. The van der Waals surface area contributed by atoms with Gasteiger partial charge in [0.05, 0.1) is 0 Å². The van der Waals surface area contributed by atoms with Gasteiger partial charge < -0.3 is 9.47 Å². The van der Waals surface area contributed by atoms with E-state index in [4.69, 9.17) is 9.47 Å². The molecule has 0 unspecified atom stereocenters. The van der Waals surface area contributed by atoms with E-state index in [2.05, 4.69) is 6.92 Å². The number of ether oxygens (including phenoxy) is 2. The maximum absolute atomic E-state index is 4.83. The predicted octanol–water partition coefficient (Wildman–Crippen LogP) is 1.57. The molecule has 0 aliphatic heterocycles. The van der Waals surface area contributed by atoms with Gasteiger partial charge in [-0.05, 0) is 0 Å². The van der Waals surface area contributed by atoms with Gasteiger partial charge in [-0.25, -0.2) is 0 Å². The van der Waals surface area contributed by atoms with Crippen LogP contribution >= 0.6 is 0 Å². The maximum Gasteiger partial charge on any atom is 0.00127 e. The Bertz CT molecular complexity index is 46.3. The Morgan fingerprint density at radius 2 is 1.67 bits per heavy atom. The normalized spacial score (nSPS) is 9.33. The van der Waals surface area contributed by atoms with Gasteiger partial charge in [-0.15, -0.1) is 6.42 Å². The minimum atomic E-state index is 0. The number of hydrogen-bond acceptors (Lipinski definition) is 2. The SMILES string of the molecule is CCC[C-](OC)OC.[Ti]. The summed E-state index contributed by atoms with van der Waals surface area (Å²) >= 11 is 0. The van der Waals surface area contributed by atoms with E-state index < -0.39 is 0 Å². The molecule has 9 heavy (non-hydrogen) atoms. The summed E-state index contributed by atoms with van der Waals surface area (Å²) in [6.07, 6.45) is 2.68. The molecule has 54 valence electrons. The molecule has 0 aromatic heterocycles. The number of hydrogen-bond donors (Lipinski definition) is 0. The average Bonchev–Trinajstić information content (AvgIpc) is 1.83.